The third-order valence-corrected chi connectivity index (χ3v) is 4.75. The molecule has 0 bridgehead atoms. The second-order valence-corrected chi connectivity index (χ2v) is 7.23. The molecule has 0 fully saturated rings. The first-order valence-corrected chi connectivity index (χ1v) is 9.23. The zero-order chi connectivity index (χ0) is 21.2. The lowest BCUT2D eigenvalue weighted by Crippen LogP contribution is -2.54. The van der Waals surface area contributed by atoms with Crippen LogP contribution in [0.1, 0.15) is 24.2 Å². The molecule has 2 atom stereocenters. The Morgan fingerprint density at radius 1 is 1.10 bits per heavy atom. The Kier molecular flexibility index (Phi) is 5.97. The number of carboxylic acid groups (broad SMARTS) is 2. The molecule has 1 aliphatic heterocycles. The van der Waals surface area contributed by atoms with Crippen molar-refractivity contribution in [3.05, 3.63) is 58.6 Å². The summed E-state index contributed by atoms with van der Waals surface area (Å²) < 4.78 is 10.1. The Labute approximate surface area is 171 Å². The number of carboxylic acids is 2. The first-order chi connectivity index (χ1) is 13.7. The number of hydrogen-bond donors (Lipinski definition) is 4. The van der Waals surface area contributed by atoms with Crippen LogP contribution in [0.15, 0.2) is 42.5 Å². The molecular weight excluding hydrogens is 402 g/mol. The fourth-order valence-electron chi connectivity index (χ4n) is 3.01. The molecule has 0 saturated carbocycles. The van der Waals surface area contributed by atoms with E-state index in [1.165, 1.54) is 6.07 Å². The molecule has 4 N–H and O–H groups in total. The Balaban J connectivity index is 1.61. The molecule has 0 amide bonds. The van der Waals surface area contributed by atoms with Crippen LogP contribution in [0.5, 0.6) is 11.5 Å². The topological polar surface area (TPSA) is 125 Å². The van der Waals surface area contributed by atoms with E-state index in [2.05, 4.69) is 5.32 Å². The van der Waals surface area contributed by atoms with Gasteiger partial charge in [-0.25, -0.2) is 9.59 Å². The van der Waals surface area contributed by atoms with Crippen molar-refractivity contribution in [2.45, 2.75) is 31.3 Å². The average molecular weight is 422 g/mol. The highest BCUT2D eigenvalue weighted by molar-refractivity contribution is 6.30. The fourth-order valence-corrected chi connectivity index (χ4v) is 3.21. The molecule has 1 heterocycles. The molecule has 154 valence electrons. The molecule has 2 aromatic carbocycles. The summed E-state index contributed by atoms with van der Waals surface area (Å²) in [4.78, 5) is 22.6. The summed E-state index contributed by atoms with van der Waals surface area (Å²) >= 11 is 5.94. The summed E-state index contributed by atoms with van der Waals surface area (Å²) in [5, 5.41) is 32.4. The lowest BCUT2D eigenvalue weighted by Gasteiger charge is -2.18. The van der Waals surface area contributed by atoms with E-state index in [-0.39, 0.29) is 17.5 Å². The van der Waals surface area contributed by atoms with E-state index in [9.17, 15) is 24.9 Å². The predicted molar refractivity (Wildman–Crippen MR) is 103 cm³/mol. The van der Waals surface area contributed by atoms with Gasteiger partial charge in [-0.1, -0.05) is 29.8 Å². The van der Waals surface area contributed by atoms with Crippen molar-refractivity contribution < 1.29 is 34.4 Å². The maximum absolute atomic E-state index is 11.3. The molecule has 29 heavy (non-hydrogen) atoms. The molecule has 0 aliphatic carbocycles. The van der Waals surface area contributed by atoms with Crippen molar-refractivity contribution in [2.24, 2.45) is 0 Å². The minimum atomic E-state index is -2.77. The average Bonchev–Trinajstić information content (AvgIpc) is 3.06. The third-order valence-electron chi connectivity index (χ3n) is 4.51. The van der Waals surface area contributed by atoms with Gasteiger partial charge in [0.2, 0.25) is 0 Å². The molecule has 0 aromatic heterocycles. The molecule has 1 aliphatic rings. The summed E-state index contributed by atoms with van der Waals surface area (Å²) in [6, 6.07) is 11.7. The molecule has 0 saturated heterocycles. The molecule has 0 spiro atoms. The van der Waals surface area contributed by atoms with Crippen LogP contribution in [0.2, 0.25) is 5.02 Å². The highest BCUT2D eigenvalue weighted by atomic mass is 35.5. The largest absolute Gasteiger partial charge is 0.475 e. The van der Waals surface area contributed by atoms with Crippen LogP contribution in [-0.2, 0) is 16.0 Å². The molecule has 0 radical (unpaired) electrons. The normalized spacial score (nSPS) is 16.2. The summed E-state index contributed by atoms with van der Waals surface area (Å²) in [5.74, 6) is -6.15. The van der Waals surface area contributed by atoms with Crippen LogP contribution in [0.25, 0.3) is 0 Å². The van der Waals surface area contributed by atoms with E-state index < -0.39 is 23.8 Å². The first-order valence-electron chi connectivity index (χ1n) is 8.86. The van der Waals surface area contributed by atoms with Crippen LogP contribution in [0, 0.1) is 0 Å². The lowest BCUT2D eigenvalue weighted by atomic mass is 10.1. The van der Waals surface area contributed by atoms with E-state index in [0.29, 0.717) is 23.6 Å². The summed E-state index contributed by atoms with van der Waals surface area (Å²) in [5.41, 5.74) is 1.50. The summed E-state index contributed by atoms with van der Waals surface area (Å²) in [6.45, 7) is 2.24. The summed E-state index contributed by atoms with van der Waals surface area (Å²) in [7, 11) is 0. The molecular formula is C20H20ClNO7. The van der Waals surface area contributed by atoms with E-state index in [4.69, 9.17) is 21.1 Å². The highest BCUT2D eigenvalue weighted by Crippen LogP contribution is 2.40. The van der Waals surface area contributed by atoms with Gasteiger partial charge in [-0.3, -0.25) is 0 Å². The van der Waals surface area contributed by atoms with Gasteiger partial charge in [0.25, 0.3) is 0 Å². The summed E-state index contributed by atoms with van der Waals surface area (Å²) in [6.07, 6.45) is -0.189. The van der Waals surface area contributed by atoms with E-state index in [0.717, 1.165) is 5.56 Å². The van der Waals surface area contributed by atoms with Gasteiger partial charge < -0.3 is 30.1 Å². The minimum absolute atomic E-state index is 0.0343. The van der Waals surface area contributed by atoms with Gasteiger partial charge in [0, 0.05) is 17.6 Å². The smallest absolute Gasteiger partial charge is 0.453 e. The third kappa shape index (κ3) is 4.45. The number of carbonyl (C=O) groups is 2. The fraction of sp³-hybridized carbons (Fsp3) is 0.300. The maximum atomic E-state index is 11.3. The zero-order valence-corrected chi connectivity index (χ0v) is 16.2. The molecule has 8 nitrogen and oxygen atoms in total. The number of aliphatic carboxylic acids is 2. The molecule has 3 rings (SSSR count). The predicted octanol–water partition coefficient (Wildman–Crippen LogP) is 2.23. The Bertz CT molecular complexity index is 919. The maximum Gasteiger partial charge on any atom is 0.453 e. The van der Waals surface area contributed by atoms with Crippen LogP contribution < -0.4 is 14.8 Å². The van der Waals surface area contributed by atoms with Crippen molar-refractivity contribution in [3.8, 4) is 11.5 Å². The monoisotopic (exact) mass is 421 g/mol. The Morgan fingerprint density at radius 3 is 2.45 bits per heavy atom. The zero-order valence-electron chi connectivity index (χ0n) is 15.5. The van der Waals surface area contributed by atoms with Gasteiger partial charge in [-0.05, 0) is 48.7 Å². The van der Waals surface area contributed by atoms with Crippen LogP contribution >= 0.6 is 11.6 Å². The second-order valence-electron chi connectivity index (χ2n) is 6.80. The van der Waals surface area contributed by atoms with Crippen molar-refractivity contribution >= 4 is 23.5 Å². The minimum Gasteiger partial charge on any atom is -0.475 e. The standard InChI is InChI=1S/C20H20ClNO7/c1-11(22-10-15(23)13-3-2-4-14(21)9-13)7-12-5-6-16-17(8-12)29-20(28-16,18(24)25)19(26)27/h2-6,8-9,11,15,22-23H,7,10H2,1H3,(H,24,25)(H,26,27)/t11-,15+/m0/s1. The number of aliphatic hydroxyl groups excluding tert-OH is 1. The van der Waals surface area contributed by atoms with E-state index >= 15 is 0 Å². The van der Waals surface area contributed by atoms with Crippen molar-refractivity contribution in [2.75, 3.05) is 6.54 Å². The van der Waals surface area contributed by atoms with E-state index in [1.54, 1.807) is 36.4 Å². The number of hydrogen-bond acceptors (Lipinski definition) is 6. The van der Waals surface area contributed by atoms with Crippen molar-refractivity contribution in [1.82, 2.24) is 5.32 Å². The van der Waals surface area contributed by atoms with Crippen molar-refractivity contribution in [1.29, 1.82) is 0 Å². The Morgan fingerprint density at radius 2 is 1.79 bits per heavy atom. The van der Waals surface area contributed by atoms with Gasteiger partial charge in [-0.2, -0.15) is 0 Å². The number of benzene rings is 2. The van der Waals surface area contributed by atoms with Gasteiger partial charge in [0.05, 0.1) is 6.10 Å². The molecule has 2 aromatic rings. The molecule has 0 unspecified atom stereocenters. The van der Waals surface area contributed by atoms with Gasteiger partial charge in [-0.15, -0.1) is 0 Å². The number of aliphatic hydroxyl groups is 1. The number of rotatable bonds is 8. The van der Waals surface area contributed by atoms with Crippen LogP contribution in [-0.4, -0.2) is 45.6 Å². The Hall–Kier alpha value is -2.81. The van der Waals surface area contributed by atoms with Gasteiger partial charge >= 0.3 is 17.7 Å². The highest BCUT2D eigenvalue weighted by Gasteiger charge is 2.57. The van der Waals surface area contributed by atoms with Gasteiger partial charge in [0.15, 0.2) is 11.5 Å². The number of nitrogens with one attached hydrogen (secondary N) is 1. The van der Waals surface area contributed by atoms with Gasteiger partial charge in [0.1, 0.15) is 0 Å². The lowest BCUT2D eigenvalue weighted by molar-refractivity contribution is -0.194. The first kappa shape index (κ1) is 20.9. The second kappa shape index (κ2) is 8.28. The van der Waals surface area contributed by atoms with E-state index in [1.807, 2.05) is 6.92 Å². The SMILES string of the molecule is C[C@@H](Cc1ccc2c(c1)OC(C(=O)O)(C(=O)O)O2)NC[C@@H](O)c1cccc(Cl)c1. The van der Waals surface area contributed by atoms with Crippen LogP contribution in [0.4, 0.5) is 0 Å². The molecule has 9 heteroatoms. The van der Waals surface area contributed by atoms with Crippen molar-refractivity contribution in [3.63, 3.8) is 0 Å². The number of fused-ring (bicyclic) bond motifs is 1. The quantitative estimate of drug-likeness (QED) is 0.478. The van der Waals surface area contributed by atoms with Crippen LogP contribution in [0.3, 0.4) is 0 Å². The number of halogens is 1. The number of ether oxygens (including phenoxy) is 2.